The van der Waals surface area contributed by atoms with Gasteiger partial charge in [-0.1, -0.05) is 22.9 Å². The highest BCUT2D eigenvalue weighted by Gasteiger charge is 2.08. The lowest BCUT2D eigenvalue weighted by molar-refractivity contribution is 0.102. The standard InChI is InChI=1S/C6H6ClNOS/c1-3-5(4(2)9)10-6(7)8-3/h1-2H3. The molecule has 0 unspecified atom stereocenters. The summed E-state index contributed by atoms with van der Waals surface area (Å²) in [4.78, 5) is 15.3. The molecule has 0 radical (unpaired) electrons. The largest absolute Gasteiger partial charge is 0.294 e. The predicted molar refractivity (Wildman–Crippen MR) is 41.9 cm³/mol. The Balaban J connectivity index is 3.15. The van der Waals surface area contributed by atoms with Crippen molar-refractivity contribution in [3.63, 3.8) is 0 Å². The van der Waals surface area contributed by atoms with Crippen LogP contribution in [-0.4, -0.2) is 10.8 Å². The van der Waals surface area contributed by atoms with Gasteiger partial charge in [-0.05, 0) is 6.92 Å². The molecule has 0 saturated carbocycles. The van der Waals surface area contributed by atoms with E-state index in [9.17, 15) is 4.79 Å². The molecule has 10 heavy (non-hydrogen) atoms. The first-order valence-corrected chi connectivity index (χ1v) is 3.94. The Morgan fingerprint density at radius 2 is 2.30 bits per heavy atom. The number of hydrogen-bond acceptors (Lipinski definition) is 3. The van der Waals surface area contributed by atoms with Gasteiger partial charge in [0.25, 0.3) is 0 Å². The highest BCUT2D eigenvalue weighted by Crippen LogP contribution is 2.21. The van der Waals surface area contributed by atoms with Gasteiger partial charge in [0.05, 0.1) is 10.6 Å². The third-order valence-corrected chi connectivity index (χ3v) is 2.45. The molecule has 1 aromatic rings. The van der Waals surface area contributed by atoms with Gasteiger partial charge in [0.15, 0.2) is 10.3 Å². The van der Waals surface area contributed by atoms with Gasteiger partial charge >= 0.3 is 0 Å². The van der Waals surface area contributed by atoms with Crippen LogP contribution in [-0.2, 0) is 0 Å². The number of ketones is 1. The first kappa shape index (κ1) is 7.69. The van der Waals surface area contributed by atoms with E-state index in [0.29, 0.717) is 9.34 Å². The second kappa shape index (κ2) is 2.68. The number of rotatable bonds is 1. The molecular formula is C6H6ClNOS. The van der Waals surface area contributed by atoms with E-state index in [1.165, 1.54) is 18.3 Å². The maximum Gasteiger partial charge on any atom is 0.184 e. The smallest absolute Gasteiger partial charge is 0.184 e. The van der Waals surface area contributed by atoms with Crippen LogP contribution in [0.4, 0.5) is 0 Å². The molecule has 1 rings (SSSR count). The summed E-state index contributed by atoms with van der Waals surface area (Å²) in [6, 6.07) is 0. The number of thiazole rings is 1. The molecule has 2 nitrogen and oxygen atoms in total. The van der Waals surface area contributed by atoms with Crippen molar-refractivity contribution in [2.75, 3.05) is 0 Å². The van der Waals surface area contributed by atoms with Crippen LogP contribution in [0.5, 0.6) is 0 Å². The summed E-state index contributed by atoms with van der Waals surface area (Å²) in [5.41, 5.74) is 0.725. The molecule has 0 amide bonds. The average Bonchev–Trinajstić information content (AvgIpc) is 2.10. The molecule has 0 aromatic carbocycles. The van der Waals surface area contributed by atoms with Gasteiger partial charge in [-0.3, -0.25) is 4.79 Å². The Morgan fingerprint density at radius 3 is 2.50 bits per heavy atom. The minimum Gasteiger partial charge on any atom is -0.294 e. The Kier molecular flexibility index (Phi) is 2.06. The lowest BCUT2D eigenvalue weighted by Crippen LogP contribution is -1.89. The Hall–Kier alpha value is -0.410. The molecule has 0 atom stereocenters. The van der Waals surface area contributed by atoms with Crippen LogP contribution in [0, 0.1) is 6.92 Å². The van der Waals surface area contributed by atoms with E-state index in [4.69, 9.17) is 11.6 Å². The van der Waals surface area contributed by atoms with Gasteiger partial charge < -0.3 is 0 Å². The highest BCUT2D eigenvalue weighted by atomic mass is 35.5. The van der Waals surface area contributed by atoms with Gasteiger partial charge in [-0.2, -0.15) is 0 Å². The quantitative estimate of drug-likeness (QED) is 0.614. The Bertz CT molecular complexity index is 269. The Labute approximate surface area is 67.9 Å². The summed E-state index contributed by atoms with van der Waals surface area (Å²) in [5, 5.41) is 0. The van der Waals surface area contributed by atoms with E-state index in [2.05, 4.69) is 4.98 Å². The van der Waals surface area contributed by atoms with E-state index in [1.807, 2.05) is 0 Å². The van der Waals surface area contributed by atoms with Crippen molar-refractivity contribution in [1.82, 2.24) is 4.98 Å². The second-order valence-corrected chi connectivity index (χ2v) is 3.52. The number of Topliss-reactive ketones (excluding diaryl/α,β-unsaturated/α-hetero) is 1. The van der Waals surface area contributed by atoms with Gasteiger partial charge in [-0.15, -0.1) is 0 Å². The van der Waals surface area contributed by atoms with E-state index in [-0.39, 0.29) is 5.78 Å². The molecule has 0 saturated heterocycles. The van der Waals surface area contributed by atoms with Crippen molar-refractivity contribution in [3.8, 4) is 0 Å². The lowest BCUT2D eigenvalue weighted by atomic mass is 10.3. The van der Waals surface area contributed by atoms with Gasteiger partial charge in [-0.25, -0.2) is 4.98 Å². The third kappa shape index (κ3) is 1.36. The van der Waals surface area contributed by atoms with Crippen LogP contribution < -0.4 is 0 Å². The van der Waals surface area contributed by atoms with Crippen LogP contribution in [0.15, 0.2) is 0 Å². The van der Waals surface area contributed by atoms with E-state index in [0.717, 1.165) is 5.69 Å². The zero-order chi connectivity index (χ0) is 7.72. The van der Waals surface area contributed by atoms with Crippen LogP contribution in [0.2, 0.25) is 4.47 Å². The van der Waals surface area contributed by atoms with Gasteiger partial charge in [0.2, 0.25) is 0 Å². The molecule has 0 aliphatic carbocycles. The lowest BCUT2D eigenvalue weighted by Gasteiger charge is -1.85. The average molecular weight is 176 g/mol. The molecule has 0 spiro atoms. The normalized spacial score (nSPS) is 9.90. The topological polar surface area (TPSA) is 30.0 Å². The van der Waals surface area contributed by atoms with Crippen molar-refractivity contribution in [2.24, 2.45) is 0 Å². The molecule has 1 aromatic heterocycles. The van der Waals surface area contributed by atoms with E-state index in [1.54, 1.807) is 6.92 Å². The molecule has 54 valence electrons. The predicted octanol–water partition coefficient (Wildman–Crippen LogP) is 2.31. The molecular weight excluding hydrogens is 170 g/mol. The molecule has 4 heteroatoms. The van der Waals surface area contributed by atoms with E-state index >= 15 is 0 Å². The number of carbonyl (C=O) groups excluding carboxylic acids is 1. The monoisotopic (exact) mass is 175 g/mol. The summed E-state index contributed by atoms with van der Waals surface area (Å²) < 4.78 is 0.433. The van der Waals surface area contributed by atoms with Crippen LogP contribution in [0.3, 0.4) is 0 Å². The minimum absolute atomic E-state index is 0.0295. The molecule has 0 fully saturated rings. The first-order chi connectivity index (χ1) is 4.61. The second-order valence-electron chi connectivity index (χ2n) is 1.94. The van der Waals surface area contributed by atoms with Crippen molar-refractivity contribution >= 4 is 28.7 Å². The van der Waals surface area contributed by atoms with Crippen molar-refractivity contribution in [2.45, 2.75) is 13.8 Å². The number of aromatic nitrogens is 1. The number of nitrogens with zero attached hydrogens (tertiary/aromatic N) is 1. The van der Waals surface area contributed by atoms with Crippen molar-refractivity contribution < 1.29 is 4.79 Å². The number of carbonyl (C=O) groups is 1. The van der Waals surface area contributed by atoms with Crippen LogP contribution in [0.25, 0.3) is 0 Å². The van der Waals surface area contributed by atoms with Gasteiger partial charge in [0.1, 0.15) is 0 Å². The number of halogens is 1. The summed E-state index contributed by atoms with van der Waals surface area (Å²) in [7, 11) is 0. The highest BCUT2D eigenvalue weighted by molar-refractivity contribution is 7.17. The minimum atomic E-state index is 0.0295. The fourth-order valence-electron chi connectivity index (χ4n) is 0.690. The third-order valence-electron chi connectivity index (χ3n) is 1.09. The fourth-order valence-corrected chi connectivity index (χ4v) is 1.74. The maximum absolute atomic E-state index is 10.8. The molecule has 0 aliphatic heterocycles. The zero-order valence-corrected chi connectivity index (χ0v) is 7.21. The van der Waals surface area contributed by atoms with Gasteiger partial charge in [0, 0.05) is 6.92 Å². The van der Waals surface area contributed by atoms with Crippen LogP contribution in [0.1, 0.15) is 22.3 Å². The fraction of sp³-hybridized carbons (Fsp3) is 0.333. The summed E-state index contributed by atoms with van der Waals surface area (Å²) >= 11 is 6.79. The van der Waals surface area contributed by atoms with E-state index < -0.39 is 0 Å². The molecule has 0 aliphatic rings. The van der Waals surface area contributed by atoms with Crippen molar-refractivity contribution in [3.05, 3.63) is 15.0 Å². The summed E-state index contributed by atoms with van der Waals surface area (Å²) in [6.07, 6.45) is 0. The molecule has 1 heterocycles. The number of aryl methyl sites for hydroxylation is 1. The molecule has 0 N–H and O–H groups in total. The Morgan fingerprint density at radius 1 is 1.70 bits per heavy atom. The summed E-state index contributed by atoms with van der Waals surface area (Å²) in [6.45, 7) is 3.29. The first-order valence-electron chi connectivity index (χ1n) is 2.75. The SMILES string of the molecule is CC(=O)c1sc(Cl)nc1C. The maximum atomic E-state index is 10.8. The van der Waals surface area contributed by atoms with Crippen molar-refractivity contribution in [1.29, 1.82) is 0 Å². The molecule has 0 bridgehead atoms. The van der Waals surface area contributed by atoms with Crippen LogP contribution >= 0.6 is 22.9 Å². The summed E-state index contributed by atoms with van der Waals surface area (Å²) in [5.74, 6) is 0.0295. The number of hydrogen-bond donors (Lipinski definition) is 0. The zero-order valence-electron chi connectivity index (χ0n) is 5.64.